The molecule has 1 aliphatic rings. The second kappa shape index (κ2) is 6.04. The van der Waals surface area contributed by atoms with E-state index in [1.54, 1.807) is 10.9 Å². The fourth-order valence-electron chi connectivity index (χ4n) is 3.57. The number of β-amino-alcohol motifs (C(OH)–C–C–N with tert-alkyl or cyclic N) is 1. The third-order valence-electron chi connectivity index (χ3n) is 4.78. The SMILES string of the molecule is Cc1cnc2c(C)cccc2c1N1C[C@@H](O)[C@H](Oc2cnn(C)c2)C1. The van der Waals surface area contributed by atoms with Gasteiger partial charge in [-0.15, -0.1) is 0 Å². The second-order valence-electron chi connectivity index (χ2n) is 6.74. The van der Waals surface area contributed by atoms with Crippen molar-refractivity contribution in [3.8, 4) is 5.75 Å². The Balaban J connectivity index is 1.66. The molecule has 1 aliphatic heterocycles. The number of para-hydroxylation sites is 1. The molecule has 1 aromatic carbocycles. The summed E-state index contributed by atoms with van der Waals surface area (Å²) in [6.45, 7) is 5.30. The molecule has 0 bridgehead atoms. The Kier molecular flexibility index (Phi) is 3.84. The van der Waals surface area contributed by atoms with E-state index in [-0.39, 0.29) is 6.10 Å². The van der Waals surface area contributed by atoms with Crippen LogP contribution in [0, 0.1) is 13.8 Å². The zero-order chi connectivity index (χ0) is 17.6. The van der Waals surface area contributed by atoms with Gasteiger partial charge < -0.3 is 14.7 Å². The molecule has 4 rings (SSSR count). The van der Waals surface area contributed by atoms with Gasteiger partial charge in [0.05, 0.1) is 30.1 Å². The molecule has 25 heavy (non-hydrogen) atoms. The number of hydrogen-bond donors (Lipinski definition) is 1. The summed E-state index contributed by atoms with van der Waals surface area (Å²) in [6, 6.07) is 6.22. The van der Waals surface area contributed by atoms with Crippen LogP contribution < -0.4 is 9.64 Å². The fourth-order valence-corrected chi connectivity index (χ4v) is 3.57. The molecule has 0 radical (unpaired) electrons. The average Bonchev–Trinajstić information content (AvgIpc) is 3.14. The number of pyridine rings is 1. The van der Waals surface area contributed by atoms with E-state index in [2.05, 4.69) is 47.0 Å². The minimum absolute atomic E-state index is 0.281. The molecule has 3 heterocycles. The normalized spacial score (nSPS) is 20.4. The molecule has 0 saturated carbocycles. The first-order chi connectivity index (χ1) is 12.0. The van der Waals surface area contributed by atoms with Crippen LogP contribution in [0.1, 0.15) is 11.1 Å². The monoisotopic (exact) mass is 338 g/mol. The molecule has 1 fully saturated rings. The van der Waals surface area contributed by atoms with E-state index < -0.39 is 6.10 Å². The molecule has 0 aliphatic carbocycles. The number of benzene rings is 1. The van der Waals surface area contributed by atoms with Crippen molar-refractivity contribution in [1.29, 1.82) is 0 Å². The molecule has 1 saturated heterocycles. The summed E-state index contributed by atoms with van der Waals surface area (Å²) in [5.41, 5.74) is 4.40. The van der Waals surface area contributed by atoms with Crippen molar-refractivity contribution >= 4 is 16.6 Å². The van der Waals surface area contributed by atoms with Gasteiger partial charge in [0.1, 0.15) is 12.2 Å². The highest BCUT2D eigenvalue weighted by atomic mass is 16.5. The van der Waals surface area contributed by atoms with Crippen molar-refractivity contribution in [2.45, 2.75) is 26.1 Å². The van der Waals surface area contributed by atoms with Gasteiger partial charge in [-0.2, -0.15) is 5.10 Å². The van der Waals surface area contributed by atoms with E-state index in [1.165, 1.54) is 0 Å². The summed E-state index contributed by atoms with van der Waals surface area (Å²) < 4.78 is 7.64. The van der Waals surface area contributed by atoms with Gasteiger partial charge in [0.2, 0.25) is 0 Å². The van der Waals surface area contributed by atoms with Crippen molar-refractivity contribution in [3.63, 3.8) is 0 Å². The van der Waals surface area contributed by atoms with Gasteiger partial charge >= 0.3 is 0 Å². The molecule has 1 N–H and O–H groups in total. The van der Waals surface area contributed by atoms with Gasteiger partial charge in [0, 0.05) is 25.2 Å². The van der Waals surface area contributed by atoms with Crippen LogP contribution in [0.2, 0.25) is 0 Å². The highest BCUT2D eigenvalue weighted by molar-refractivity contribution is 5.95. The van der Waals surface area contributed by atoms with Gasteiger partial charge in [0.25, 0.3) is 0 Å². The maximum atomic E-state index is 10.5. The number of aliphatic hydroxyl groups excluding tert-OH is 1. The minimum Gasteiger partial charge on any atom is -0.482 e. The fraction of sp³-hybridized carbons (Fsp3) is 0.368. The maximum absolute atomic E-state index is 10.5. The number of aromatic nitrogens is 3. The summed E-state index contributed by atoms with van der Waals surface area (Å²) in [7, 11) is 1.85. The van der Waals surface area contributed by atoms with Crippen LogP contribution in [-0.4, -0.2) is 45.2 Å². The van der Waals surface area contributed by atoms with Gasteiger partial charge in [-0.25, -0.2) is 0 Å². The van der Waals surface area contributed by atoms with Crippen molar-refractivity contribution < 1.29 is 9.84 Å². The topological polar surface area (TPSA) is 63.4 Å². The van der Waals surface area contributed by atoms with Crippen LogP contribution in [0.25, 0.3) is 10.9 Å². The Morgan fingerprint density at radius 3 is 2.76 bits per heavy atom. The third-order valence-corrected chi connectivity index (χ3v) is 4.78. The molecule has 0 amide bonds. The van der Waals surface area contributed by atoms with Crippen molar-refractivity contribution in [2.75, 3.05) is 18.0 Å². The first kappa shape index (κ1) is 15.9. The second-order valence-corrected chi connectivity index (χ2v) is 6.74. The van der Waals surface area contributed by atoms with Gasteiger partial charge in [-0.1, -0.05) is 18.2 Å². The summed E-state index contributed by atoms with van der Waals surface area (Å²) in [4.78, 5) is 6.79. The lowest BCUT2D eigenvalue weighted by molar-refractivity contribution is 0.0737. The van der Waals surface area contributed by atoms with Gasteiger partial charge in [-0.05, 0) is 25.0 Å². The first-order valence-corrected chi connectivity index (χ1v) is 8.46. The lowest BCUT2D eigenvalue weighted by Crippen LogP contribution is -2.29. The Morgan fingerprint density at radius 2 is 2.00 bits per heavy atom. The summed E-state index contributed by atoms with van der Waals surface area (Å²) in [5.74, 6) is 0.681. The van der Waals surface area contributed by atoms with Crippen molar-refractivity contribution in [2.24, 2.45) is 7.05 Å². The predicted molar refractivity (Wildman–Crippen MR) is 97.1 cm³/mol. The van der Waals surface area contributed by atoms with E-state index in [0.29, 0.717) is 18.8 Å². The number of anilines is 1. The number of nitrogens with zero attached hydrogens (tertiary/aromatic N) is 4. The van der Waals surface area contributed by atoms with Crippen molar-refractivity contribution in [1.82, 2.24) is 14.8 Å². The van der Waals surface area contributed by atoms with E-state index >= 15 is 0 Å². The van der Waals surface area contributed by atoms with Crippen LogP contribution in [0.15, 0.2) is 36.8 Å². The van der Waals surface area contributed by atoms with Crippen LogP contribution in [0.3, 0.4) is 0 Å². The molecule has 3 aromatic rings. The molecular formula is C19H22N4O2. The van der Waals surface area contributed by atoms with Crippen molar-refractivity contribution in [3.05, 3.63) is 47.9 Å². The molecule has 2 atom stereocenters. The molecule has 6 nitrogen and oxygen atoms in total. The lowest BCUT2D eigenvalue weighted by Gasteiger charge is -2.22. The summed E-state index contributed by atoms with van der Waals surface area (Å²) in [5, 5.41) is 15.7. The number of aryl methyl sites for hydroxylation is 3. The van der Waals surface area contributed by atoms with Crippen LogP contribution in [-0.2, 0) is 7.05 Å². The Hall–Kier alpha value is -2.60. The maximum Gasteiger partial charge on any atom is 0.157 e. The van der Waals surface area contributed by atoms with Gasteiger partial charge in [-0.3, -0.25) is 9.67 Å². The molecule has 6 heteroatoms. The third kappa shape index (κ3) is 2.82. The average molecular weight is 338 g/mol. The first-order valence-electron chi connectivity index (χ1n) is 8.46. The lowest BCUT2D eigenvalue weighted by atomic mass is 10.1. The quantitative estimate of drug-likeness (QED) is 0.793. The Bertz CT molecular complexity index is 921. The van der Waals surface area contributed by atoms with E-state index in [0.717, 1.165) is 27.7 Å². The van der Waals surface area contributed by atoms with E-state index in [9.17, 15) is 5.11 Å². The Labute approximate surface area is 146 Å². The highest BCUT2D eigenvalue weighted by Gasteiger charge is 2.34. The standard InChI is InChI=1S/C19H22N4O2/c1-12-5-4-6-15-18(12)20-7-13(2)19(15)23-10-16(24)17(11-23)25-14-8-21-22(3)9-14/h4-9,16-17,24H,10-11H2,1-3H3/t16-,17-/m1/s1. The molecular weight excluding hydrogens is 316 g/mol. The molecule has 0 spiro atoms. The summed E-state index contributed by atoms with van der Waals surface area (Å²) in [6.07, 6.45) is 4.56. The minimum atomic E-state index is -0.548. The van der Waals surface area contributed by atoms with Crippen LogP contribution >= 0.6 is 0 Å². The molecule has 2 aromatic heterocycles. The number of rotatable bonds is 3. The van der Waals surface area contributed by atoms with E-state index in [4.69, 9.17) is 4.74 Å². The van der Waals surface area contributed by atoms with Gasteiger partial charge in [0.15, 0.2) is 5.75 Å². The zero-order valence-corrected chi connectivity index (χ0v) is 14.7. The number of aliphatic hydroxyl groups is 1. The Morgan fingerprint density at radius 1 is 1.16 bits per heavy atom. The zero-order valence-electron chi connectivity index (χ0n) is 14.7. The van der Waals surface area contributed by atoms with Crippen LogP contribution in [0.4, 0.5) is 5.69 Å². The number of fused-ring (bicyclic) bond motifs is 1. The summed E-state index contributed by atoms with van der Waals surface area (Å²) >= 11 is 0. The molecule has 130 valence electrons. The number of ether oxygens (including phenoxy) is 1. The highest BCUT2D eigenvalue weighted by Crippen LogP contribution is 2.33. The molecule has 0 unspecified atom stereocenters. The largest absolute Gasteiger partial charge is 0.482 e. The number of hydrogen-bond acceptors (Lipinski definition) is 5. The van der Waals surface area contributed by atoms with Crippen LogP contribution in [0.5, 0.6) is 5.75 Å². The predicted octanol–water partition coefficient (Wildman–Crippen LogP) is 2.21. The smallest absolute Gasteiger partial charge is 0.157 e. The van der Waals surface area contributed by atoms with E-state index in [1.807, 2.05) is 19.4 Å².